The molecule has 0 aromatic heterocycles. The summed E-state index contributed by atoms with van der Waals surface area (Å²) in [6, 6.07) is 7.02. The number of nitrogens with one attached hydrogen (secondary N) is 2. The molecule has 90 valence electrons. The Labute approximate surface area is 107 Å². The Hall–Kier alpha value is -0.380. The molecule has 0 fully saturated rings. The first-order valence-corrected chi connectivity index (χ1v) is 6.61. The number of benzene rings is 1. The van der Waals surface area contributed by atoms with Crippen molar-refractivity contribution in [1.29, 1.82) is 0 Å². The lowest BCUT2D eigenvalue weighted by molar-refractivity contribution is 0.509. The van der Waals surface area contributed by atoms with Crippen LogP contribution in [0.1, 0.15) is 25.0 Å². The van der Waals surface area contributed by atoms with Gasteiger partial charge in [0.2, 0.25) is 0 Å². The van der Waals surface area contributed by atoms with Gasteiger partial charge in [0.15, 0.2) is 0 Å². The molecule has 0 amide bonds. The second kappa shape index (κ2) is 7.05. The van der Waals surface area contributed by atoms with Crippen LogP contribution < -0.4 is 10.6 Å². The van der Waals surface area contributed by atoms with E-state index in [1.165, 1.54) is 11.1 Å². The lowest BCUT2D eigenvalue weighted by Crippen LogP contribution is -2.35. The summed E-state index contributed by atoms with van der Waals surface area (Å²) >= 11 is 3.52. The number of halogens is 1. The van der Waals surface area contributed by atoms with Gasteiger partial charge in [-0.2, -0.15) is 0 Å². The lowest BCUT2D eigenvalue weighted by atomic mass is 10.1. The molecular formula is C13H21BrN2. The van der Waals surface area contributed by atoms with Crippen molar-refractivity contribution in [3.05, 3.63) is 33.8 Å². The van der Waals surface area contributed by atoms with Gasteiger partial charge in [0.05, 0.1) is 0 Å². The van der Waals surface area contributed by atoms with Crippen LogP contribution in [0.2, 0.25) is 0 Å². The van der Waals surface area contributed by atoms with Crippen LogP contribution in [0.3, 0.4) is 0 Å². The van der Waals surface area contributed by atoms with E-state index in [1.807, 2.05) is 0 Å². The molecule has 0 aliphatic carbocycles. The van der Waals surface area contributed by atoms with Crippen LogP contribution in [0.4, 0.5) is 0 Å². The number of likely N-dealkylation sites (N-methyl/N-ethyl adjacent to an activating group) is 1. The van der Waals surface area contributed by atoms with E-state index in [2.05, 4.69) is 65.5 Å². The molecule has 3 heteroatoms. The third-order valence-electron chi connectivity index (χ3n) is 2.46. The zero-order valence-electron chi connectivity index (χ0n) is 10.3. The Bertz CT molecular complexity index is 305. The summed E-state index contributed by atoms with van der Waals surface area (Å²) in [5.41, 5.74) is 2.63. The van der Waals surface area contributed by atoms with E-state index in [0.717, 1.165) is 24.1 Å². The van der Waals surface area contributed by atoms with E-state index in [-0.39, 0.29) is 0 Å². The minimum absolute atomic E-state index is 0.499. The minimum Gasteiger partial charge on any atom is -0.315 e. The molecule has 1 atom stereocenters. The number of hydrogen-bond acceptors (Lipinski definition) is 2. The van der Waals surface area contributed by atoms with E-state index < -0.39 is 0 Å². The first kappa shape index (κ1) is 13.7. The zero-order chi connectivity index (χ0) is 12.0. The second-order valence-electron chi connectivity index (χ2n) is 4.23. The fourth-order valence-corrected chi connectivity index (χ4v) is 2.29. The predicted molar refractivity (Wildman–Crippen MR) is 73.7 cm³/mol. The molecule has 0 saturated carbocycles. The lowest BCUT2D eigenvalue weighted by Gasteiger charge is -2.14. The zero-order valence-corrected chi connectivity index (χ0v) is 11.9. The summed E-state index contributed by atoms with van der Waals surface area (Å²) in [4.78, 5) is 0. The van der Waals surface area contributed by atoms with E-state index in [4.69, 9.17) is 0 Å². The normalized spacial score (nSPS) is 12.8. The maximum atomic E-state index is 3.52. The van der Waals surface area contributed by atoms with Crippen molar-refractivity contribution in [3.8, 4) is 0 Å². The molecule has 1 unspecified atom stereocenters. The minimum atomic E-state index is 0.499. The molecule has 2 nitrogen and oxygen atoms in total. The van der Waals surface area contributed by atoms with Crippen LogP contribution in [-0.4, -0.2) is 19.1 Å². The highest BCUT2D eigenvalue weighted by atomic mass is 79.9. The van der Waals surface area contributed by atoms with Gasteiger partial charge in [-0.3, -0.25) is 0 Å². The van der Waals surface area contributed by atoms with E-state index >= 15 is 0 Å². The quantitative estimate of drug-likeness (QED) is 0.840. The molecule has 1 aromatic rings. The molecule has 0 bridgehead atoms. The third-order valence-corrected chi connectivity index (χ3v) is 2.91. The highest BCUT2D eigenvalue weighted by Gasteiger charge is 2.01. The van der Waals surface area contributed by atoms with Crippen LogP contribution >= 0.6 is 15.9 Å². The summed E-state index contributed by atoms with van der Waals surface area (Å²) in [7, 11) is 0. The number of hydrogen-bond donors (Lipinski definition) is 2. The molecule has 2 N–H and O–H groups in total. The van der Waals surface area contributed by atoms with Gasteiger partial charge < -0.3 is 10.6 Å². The first-order valence-electron chi connectivity index (χ1n) is 5.82. The SMILES string of the molecule is CCNCC(C)NCc1cc(C)cc(Br)c1. The van der Waals surface area contributed by atoms with Gasteiger partial charge in [0.25, 0.3) is 0 Å². The van der Waals surface area contributed by atoms with E-state index in [1.54, 1.807) is 0 Å². The molecular weight excluding hydrogens is 264 g/mol. The monoisotopic (exact) mass is 284 g/mol. The summed E-state index contributed by atoms with van der Waals surface area (Å²) in [5.74, 6) is 0. The topological polar surface area (TPSA) is 24.1 Å². The van der Waals surface area contributed by atoms with Crippen LogP contribution in [0, 0.1) is 6.92 Å². The average Bonchev–Trinajstić information content (AvgIpc) is 2.22. The molecule has 0 aliphatic heterocycles. The number of rotatable bonds is 6. The summed E-state index contributed by atoms with van der Waals surface area (Å²) in [5, 5.41) is 6.84. The highest BCUT2D eigenvalue weighted by Crippen LogP contribution is 2.15. The molecule has 1 aromatic carbocycles. The molecule has 0 saturated heterocycles. The number of aryl methyl sites for hydroxylation is 1. The summed E-state index contributed by atoms with van der Waals surface area (Å²) in [6.07, 6.45) is 0. The fourth-order valence-electron chi connectivity index (χ4n) is 1.64. The van der Waals surface area contributed by atoms with Crippen LogP contribution in [0.15, 0.2) is 22.7 Å². The predicted octanol–water partition coefficient (Wildman–Crippen LogP) is 2.85. The van der Waals surface area contributed by atoms with Crippen molar-refractivity contribution in [2.75, 3.05) is 13.1 Å². The van der Waals surface area contributed by atoms with E-state index in [9.17, 15) is 0 Å². The smallest absolute Gasteiger partial charge is 0.0209 e. The Morgan fingerprint density at radius 1 is 1.31 bits per heavy atom. The van der Waals surface area contributed by atoms with E-state index in [0.29, 0.717) is 6.04 Å². The summed E-state index contributed by atoms with van der Waals surface area (Å²) < 4.78 is 1.16. The first-order chi connectivity index (χ1) is 7.61. The van der Waals surface area contributed by atoms with Crippen molar-refractivity contribution in [2.24, 2.45) is 0 Å². The second-order valence-corrected chi connectivity index (χ2v) is 5.14. The van der Waals surface area contributed by atoms with Gasteiger partial charge in [-0.25, -0.2) is 0 Å². The Kier molecular flexibility index (Phi) is 6.03. The molecule has 0 radical (unpaired) electrons. The maximum Gasteiger partial charge on any atom is 0.0209 e. The van der Waals surface area contributed by atoms with Gasteiger partial charge in [0, 0.05) is 23.6 Å². The molecule has 0 aliphatic rings. The van der Waals surface area contributed by atoms with Crippen molar-refractivity contribution in [2.45, 2.75) is 33.4 Å². The van der Waals surface area contributed by atoms with Gasteiger partial charge in [-0.1, -0.05) is 28.9 Å². The maximum absolute atomic E-state index is 3.52. The van der Waals surface area contributed by atoms with Crippen molar-refractivity contribution < 1.29 is 0 Å². The van der Waals surface area contributed by atoms with Gasteiger partial charge in [-0.05, 0) is 43.7 Å². The van der Waals surface area contributed by atoms with Gasteiger partial charge in [0.1, 0.15) is 0 Å². The largest absolute Gasteiger partial charge is 0.315 e. The standard InChI is InChI=1S/C13H21BrN2/c1-4-15-8-11(3)16-9-12-5-10(2)6-13(14)7-12/h5-7,11,15-16H,4,8-9H2,1-3H3. The average molecular weight is 285 g/mol. The van der Waals surface area contributed by atoms with Gasteiger partial charge >= 0.3 is 0 Å². The van der Waals surface area contributed by atoms with Crippen LogP contribution in [0.25, 0.3) is 0 Å². The fraction of sp³-hybridized carbons (Fsp3) is 0.538. The van der Waals surface area contributed by atoms with Crippen molar-refractivity contribution >= 4 is 15.9 Å². The Balaban J connectivity index is 2.41. The molecule has 1 rings (SSSR count). The summed E-state index contributed by atoms with van der Waals surface area (Å²) in [6.45, 7) is 9.42. The molecule has 0 heterocycles. The van der Waals surface area contributed by atoms with Crippen molar-refractivity contribution in [1.82, 2.24) is 10.6 Å². The Morgan fingerprint density at radius 2 is 2.06 bits per heavy atom. The third kappa shape index (κ3) is 5.10. The Morgan fingerprint density at radius 3 is 2.69 bits per heavy atom. The van der Waals surface area contributed by atoms with Gasteiger partial charge in [-0.15, -0.1) is 0 Å². The van der Waals surface area contributed by atoms with Crippen molar-refractivity contribution in [3.63, 3.8) is 0 Å². The highest BCUT2D eigenvalue weighted by molar-refractivity contribution is 9.10. The van der Waals surface area contributed by atoms with Crippen LogP contribution in [0.5, 0.6) is 0 Å². The molecule has 16 heavy (non-hydrogen) atoms. The molecule has 0 spiro atoms. The van der Waals surface area contributed by atoms with Crippen LogP contribution in [-0.2, 0) is 6.54 Å².